The first-order valence-electron chi connectivity index (χ1n) is 6.71. The van der Waals surface area contributed by atoms with Gasteiger partial charge in [-0.2, -0.15) is 0 Å². The molecule has 0 aromatic heterocycles. The van der Waals surface area contributed by atoms with E-state index in [9.17, 15) is 13.6 Å². The van der Waals surface area contributed by atoms with Crippen molar-refractivity contribution in [1.82, 2.24) is 5.32 Å². The highest BCUT2D eigenvalue weighted by molar-refractivity contribution is 5.94. The quantitative estimate of drug-likeness (QED) is 0.906. The lowest BCUT2D eigenvalue weighted by Crippen LogP contribution is -2.26. The molecule has 0 heterocycles. The first-order chi connectivity index (χ1) is 9.86. The van der Waals surface area contributed by atoms with Crippen molar-refractivity contribution in [1.29, 1.82) is 0 Å². The Balaban J connectivity index is 2.16. The topological polar surface area (TPSA) is 29.1 Å². The summed E-state index contributed by atoms with van der Waals surface area (Å²) >= 11 is 0. The molecule has 2 rings (SSSR count). The molecule has 0 bridgehead atoms. The Bertz CT molecular complexity index is 662. The third kappa shape index (κ3) is 3.66. The SMILES string of the molecule is Cc1cc(C)cc(C(=O)NC(C)c2ccc(F)c(F)c2)c1. The number of hydrogen-bond acceptors (Lipinski definition) is 1. The Hall–Kier alpha value is -2.23. The van der Waals surface area contributed by atoms with Crippen molar-refractivity contribution in [3.05, 3.63) is 70.3 Å². The van der Waals surface area contributed by atoms with Gasteiger partial charge in [-0.15, -0.1) is 0 Å². The van der Waals surface area contributed by atoms with Crippen LogP contribution in [0, 0.1) is 25.5 Å². The van der Waals surface area contributed by atoms with E-state index in [1.807, 2.05) is 19.9 Å². The van der Waals surface area contributed by atoms with Gasteiger partial charge in [-0.3, -0.25) is 4.79 Å². The fourth-order valence-electron chi connectivity index (χ4n) is 2.25. The zero-order valence-corrected chi connectivity index (χ0v) is 12.2. The number of carbonyl (C=O) groups is 1. The van der Waals surface area contributed by atoms with Crippen LogP contribution in [-0.4, -0.2) is 5.91 Å². The number of rotatable bonds is 3. The number of hydrogen-bond donors (Lipinski definition) is 1. The van der Waals surface area contributed by atoms with E-state index in [0.717, 1.165) is 23.3 Å². The van der Waals surface area contributed by atoms with Crippen molar-refractivity contribution in [3.8, 4) is 0 Å². The highest BCUT2D eigenvalue weighted by Gasteiger charge is 2.13. The maximum atomic E-state index is 13.2. The second kappa shape index (κ2) is 6.04. The molecule has 0 spiro atoms. The maximum absolute atomic E-state index is 13.2. The number of aryl methyl sites for hydroxylation is 2. The normalized spacial score (nSPS) is 12.0. The van der Waals surface area contributed by atoms with E-state index >= 15 is 0 Å². The van der Waals surface area contributed by atoms with Crippen LogP contribution in [0.4, 0.5) is 8.78 Å². The van der Waals surface area contributed by atoms with Crippen LogP contribution in [0.1, 0.15) is 40.0 Å². The van der Waals surface area contributed by atoms with E-state index < -0.39 is 17.7 Å². The third-order valence-electron chi connectivity index (χ3n) is 3.28. The van der Waals surface area contributed by atoms with E-state index in [1.165, 1.54) is 6.07 Å². The molecular formula is C17H17F2NO. The van der Waals surface area contributed by atoms with E-state index in [0.29, 0.717) is 11.1 Å². The highest BCUT2D eigenvalue weighted by Crippen LogP contribution is 2.17. The van der Waals surface area contributed by atoms with Crippen LogP contribution in [0.5, 0.6) is 0 Å². The first kappa shape index (κ1) is 15.2. The van der Waals surface area contributed by atoms with Crippen molar-refractivity contribution in [2.45, 2.75) is 26.8 Å². The maximum Gasteiger partial charge on any atom is 0.251 e. The fourth-order valence-corrected chi connectivity index (χ4v) is 2.25. The Kier molecular flexibility index (Phi) is 4.36. The smallest absolute Gasteiger partial charge is 0.251 e. The Labute approximate surface area is 122 Å². The predicted octanol–water partition coefficient (Wildman–Crippen LogP) is 4.07. The van der Waals surface area contributed by atoms with Gasteiger partial charge in [0, 0.05) is 5.56 Å². The van der Waals surface area contributed by atoms with Gasteiger partial charge in [-0.1, -0.05) is 23.3 Å². The molecule has 1 amide bonds. The average molecular weight is 289 g/mol. The number of carbonyl (C=O) groups excluding carboxylic acids is 1. The van der Waals surface area contributed by atoms with Gasteiger partial charge >= 0.3 is 0 Å². The third-order valence-corrected chi connectivity index (χ3v) is 3.28. The van der Waals surface area contributed by atoms with E-state index in [4.69, 9.17) is 0 Å². The lowest BCUT2D eigenvalue weighted by molar-refractivity contribution is 0.0939. The molecule has 0 saturated carbocycles. The number of benzene rings is 2. The summed E-state index contributed by atoms with van der Waals surface area (Å²) in [5, 5.41) is 2.79. The minimum atomic E-state index is -0.917. The molecule has 1 N–H and O–H groups in total. The Morgan fingerprint density at radius 1 is 1.00 bits per heavy atom. The molecule has 110 valence electrons. The van der Waals surface area contributed by atoms with Gasteiger partial charge in [0.25, 0.3) is 5.91 Å². The molecule has 0 aliphatic carbocycles. The summed E-state index contributed by atoms with van der Waals surface area (Å²) in [7, 11) is 0. The molecule has 2 aromatic carbocycles. The van der Waals surface area contributed by atoms with Crippen LogP contribution in [-0.2, 0) is 0 Å². The molecule has 21 heavy (non-hydrogen) atoms. The zero-order chi connectivity index (χ0) is 15.6. The molecule has 4 heteroatoms. The van der Waals surface area contributed by atoms with Crippen molar-refractivity contribution >= 4 is 5.91 Å². The van der Waals surface area contributed by atoms with Crippen LogP contribution in [0.2, 0.25) is 0 Å². The lowest BCUT2D eigenvalue weighted by atomic mass is 10.0. The zero-order valence-electron chi connectivity index (χ0n) is 12.2. The largest absolute Gasteiger partial charge is 0.346 e. The Morgan fingerprint density at radius 2 is 1.62 bits per heavy atom. The van der Waals surface area contributed by atoms with E-state index in [2.05, 4.69) is 5.32 Å². The van der Waals surface area contributed by atoms with Crippen LogP contribution in [0.3, 0.4) is 0 Å². The van der Waals surface area contributed by atoms with Crippen LogP contribution in [0.25, 0.3) is 0 Å². The second-order valence-corrected chi connectivity index (χ2v) is 5.25. The van der Waals surface area contributed by atoms with Crippen molar-refractivity contribution in [3.63, 3.8) is 0 Å². The van der Waals surface area contributed by atoms with Crippen LogP contribution < -0.4 is 5.32 Å². The summed E-state index contributed by atoms with van der Waals surface area (Å²) in [6.07, 6.45) is 0. The van der Waals surface area contributed by atoms with Crippen molar-refractivity contribution < 1.29 is 13.6 Å². The van der Waals surface area contributed by atoms with Crippen molar-refractivity contribution in [2.24, 2.45) is 0 Å². The van der Waals surface area contributed by atoms with Gasteiger partial charge in [0.1, 0.15) is 0 Å². The summed E-state index contributed by atoms with van der Waals surface area (Å²) in [6.45, 7) is 5.57. The van der Waals surface area contributed by atoms with Gasteiger partial charge in [0.15, 0.2) is 11.6 Å². The molecule has 0 saturated heterocycles. The summed E-state index contributed by atoms with van der Waals surface area (Å²) in [4.78, 5) is 12.2. The number of nitrogens with one attached hydrogen (secondary N) is 1. The summed E-state index contributed by atoms with van der Waals surface area (Å²) < 4.78 is 26.1. The minimum Gasteiger partial charge on any atom is -0.346 e. The number of halogens is 2. The monoisotopic (exact) mass is 289 g/mol. The van der Waals surface area contributed by atoms with Crippen LogP contribution in [0.15, 0.2) is 36.4 Å². The minimum absolute atomic E-state index is 0.237. The van der Waals surface area contributed by atoms with E-state index in [1.54, 1.807) is 19.1 Å². The average Bonchev–Trinajstić information content (AvgIpc) is 2.40. The second-order valence-electron chi connectivity index (χ2n) is 5.25. The van der Waals surface area contributed by atoms with E-state index in [-0.39, 0.29) is 5.91 Å². The van der Waals surface area contributed by atoms with Gasteiger partial charge in [0.2, 0.25) is 0 Å². The lowest BCUT2D eigenvalue weighted by Gasteiger charge is -2.15. The predicted molar refractivity (Wildman–Crippen MR) is 78.2 cm³/mol. The molecule has 2 aromatic rings. The summed E-state index contributed by atoms with van der Waals surface area (Å²) in [5.41, 5.74) is 3.08. The van der Waals surface area contributed by atoms with Gasteiger partial charge in [-0.25, -0.2) is 8.78 Å². The summed E-state index contributed by atoms with van der Waals surface area (Å²) in [5.74, 6) is -2.05. The molecule has 2 nitrogen and oxygen atoms in total. The van der Waals surface area contributed by atoms with Gasteiger partial charge in [-0.05, 0) is 50.6 Å². The first-order valence-corrected chi connectivity index (χ1v) is 6.71. The Morgan fingerprint density at radius 3 is 2.19 bits per heavy atom. The molecule has 1 atom stereocenters. The highest BCUT2D eigenvalue weighted by atomic mass is 19.2. The molecule has 0 aliphatic heterocycles. The molecule has 0 radical (unpaired) electrons. The molecular weight excluding hydrogens is 272 g/mol. The standard InChI is InChI=1S/C17H17F2NO/c1-10-6-11(2)8-14(7-10)17(21)20-12(3)13-4-5-15(18)16(19)9-13/h4-9,12H,1-3H3,(H,20,21). The molecule has 0 aliphatic rings. The molecule has 0 fully saturated rings. The number of amides is 1. The molecule has 1 unspecified atom stereocenters. The summed E-state index contributed by atoms with van der Waals surface area (Å²) in [6, 6.07) is 8.78. The fraction of sp³-hybridized carbons (Fsp3) is 0.235. The van der Waals surface area contributed by atoms with Crippen molar-refractivity contribution in [2.75, 3.05) is 0 Å². The van der Waals surface area contributed by atoms with Crippen LogP contribution >= 0.6 is 0 Å². The van der Waals surface area contributed by atoms with Gasteiger partial charge < -0.3 is 5.32 Å². The van der Waals surface area contributed by atoms with Gasteiger partial charge in [0.05, 0.1) is 6.04 Å².